The number of ether oxygens (including phenoxy) is 2. The number of benzene rings is 4. The van der Waals surface area contributed by atoms with Gasteiger partial charge in [0.05, 0.1) is 26.5 Å². The lowest BCUT2D eigenvalue weighted by Crippen LogP contribution is -2.33. The highest BCUT2D eigenvalue weighted by Crippen LogP contribution is 2.66. The first-order valence-corrected chi connectivity index (χ1v) is 18.6. The van der Waals surface area contributed by atoms with Gasteiger partial charge in [0.1, 0.15) is 22.6 Å². The van der Waals surface area contributed by atoms with E-state index in [1.165, 1.54) is 0 Å². The van der Waals surface area contributed by atoms with Crippen LogP contribution in [0.15, 0.2) is 115 Å². The first kappa shape index (κ1) is 30.0. The van der Waals surface area contributed by atoms with Crippen LogP contribution in [0.3, 0.4) is 0 Å². The number of rotatable bonds is 7. The van der Waals surface area contributed by atoms with E-state index in [0.717, 1.165) is 16.2 Å². The van der Waals surface area contributed by atoms with Crippen molar-refractivity contribution in [2.24, 2.45) is 5.41 Å². The molecule has 0 spiro atoms. The van der Waals surface area contributed by atoms with E-state index in [0.29, 0.717) is 47.8 Å². The van der Waals surface area contributed by atoms with E-state index in [9.17, 15) is 4.57 Å². The molecule has 0 aromatic heterocycles. The number of methoxy groups -OCH3 is 1. The molecule has 0 bridgehead atoms. The van der Waals surface area contributed by atoms with E-state index in [-0.39, 0.29) is 11.5 Å². The largest absolute Gasteiger partial charge is 0.497 e. The molecule has 1 atom stereocenters. The highest BCUT2D eigenvalue weighted by atomic mass is 32.4. The van der Waals surface area contributed by atoms with Crippen molar-refractivity contribution in [3.63, 3.8) is 0 Å². The quantitative estimate of drug-likeness (QED) is 0.209. The van der Waals surface area contributed by atoms with E-state index < -0.39 is 13.8 Å². The summed E-state index contributed by atoms with van der Waals surface area (Å²) in [4.78, 5) is 0. The zero-order valence-corrected chi connectivity index (χ0v) is 27.0. The molecule has 4 aromatic carbocycles. The highest BCUT2D eigenvalue weighted by Gasteiger charge is 2.44. The minimum absolute atomic E-state index is 0.229. The Labute approximate surface area is 258 Å². The maximum atomic E-state index is 14.6. The Morgan fingerprint density at radius 1 is 0.860 bits per heavy atom. The van der Waals surface area contributed by atoms with Gasteiger partial charge in [-0.15, -0.1) is 0 Å². The first-order valence-electron chi connectivity index (χ1n) is 14.2. The van der Waals surface area contributed by atoms with Crippen LogP contribution in [0.4, 0.5) is 0 Å². The van der Waals surface area contributed by atoms with Crippen LogP contribution in [0.2, 0.25) is 0 Å². The second-order valence-electron chi connectivity index (χ2n) is 11.5. The average molecular weight is 632 g/mol. The fourth-order valence-electron chi connectivity index (χ4n) is 5.33. The van der Waals surface area contributed by atoms with Crippen LogP contribution in [-0.4, -0.2) is 20.3 Å². The zero-order chi connectivity index (χ0) is 30.1. The Morgan fingerprint density at radius 2 is 1.42 bits per heavy atom. The fourth-order valence-corrected chi connectivity index (χ4v) is 11.2. The molecule has 9 heteroatoms. The van der Waals surface area contributed by atoms with E-state index in [2.05, 4.69) is 35.4 Å². The van der Waals surface area contributed by atoms with E-state index >= 15 is 0 Å². The van der Waals surface area contributed by atoms with Crippen molar-refractivity contribution in [2.45, 2.75) is 26.3 Å². The Morgan fingerprint density at radius 3 is 2.00 bits per heavy atom. The molecule has 6 rings (SSSR count). The summed E-state index contributed by atoms with van der Waals surface area (Å²) in [5, 5.41) is 6.48. The van der Waals surface area contributed by atoms with Crippen molar-refractivity contribution in [3.05, 3.63) is 126 Å². The average Bonchev–Trinajstić information content (AvgIpc) is 3.04. The molecule has 4 aromatic rings. The van der Waals surface area contributed by atoms with Crippen molar-refractivity contribution in [1.29, 1.82) is 0 Å². The Hall–Kier alpha value is -3.02. The molecule has 1 fully saturated rings. The summed E-state index contributed by atoms with van der Waals surface area (Å²) in [5.74, 6) is 1.91. The predicted molar refractivity (Wildman–Crippen MR) is 177 cm³/mol. The minimum atomic E-state index is -3.75. The van der Waals surface area contributed by atoms with Gasteiger partial charge in [-0.2, -0.15) is 0 Å². The molecule has 2 heterocycles. The van der Waals surface area contributed by atoms with Crippen molar-refractivity contribution in [3.8, 4) is 11.5 Å². The molecule has 0 saturated carbocycles. The second kappa shape index (κ2) is 12.2. The van der Waals surface area contributed by atoms with E-state index in [1.54, 1.807) is 7.11 Å². The minimum Gasteiger partial charge on any atom is -0.497 e. The van der Waals surface area contributed by atoms with Gasteiger partial charge >= 0.3 is 7.60 Å². The SMILES string of the molecule is COc1ccc(/C(=C2/CC(NP(=S)(c3ccccc3)c3ccccc3)c3ccccc3O2)P2(=O)OCC(C)(C)CO2)cc1. The Bertz CT molecular complexity index is 1670. The Balaban J connectivity index is 1.50. The molecule has 6 nitrogen and oxygen atoms in total. The van der Waals surface area contributed by atoms with Gasteiger partial charge in [-0.25, -0.2) is 0 Å². The molecule has 2 aliphatic heterocycles. The molecule has 1 saturated heterocycles. The van der Waals surface area contributed by atoms with Gasteiger partial charge in [0, 0.05) is 34.1 Å². The van der Waals surface area contributed by atoms with E-state index in [1.807, 2.05) is 92.7 Å². The number of nitrogens with one attached hydrogen (secondary N) is 1. The molecule has 0 amide bonds. The van der Waals surface area contributed by atoms with Crippen LogP contribution in [0.5, 0.6) is 11.5 Å². The lowest BCUT2D eigenvalue weighted by Gasteiger charge is -2.38. The second-order valence-corrected chi connectivity index (χ2v) is 17.6. The molecular formula is C34H35NO5P2S. The topological polar surface area (TPSA) is 66.0 Å². The third kappa shape index (κ3) is 6.17. The molecular weight excluding hydrogens is 596 g/mol. The standard InChI is InChI=1S/C34H35NO5P2S/c1-34(2)23-38-42(36,39-24-34)33(25-18-20-26(37-3)21-19-25)32-22-30(29-16-10-11-17-31(29)40-32)35-41(43,27-12-6-4-7-13-27)28-14-8-5-9-15-28/h4-21,30H,22-24H2,1-3H3,(H,35,43)/b33-32+. The van der Waals surface area contributed by atoms with Crippen molar-refractivity contribution < 1.29 is 23.1 Å². The van der Waals surface area contributed by atoms with Gasteiger partial charge in [0.15, 0.2) is 0 Å². The molecule has 43 heavy (non-hydrogen) atoms. The van der Waals surface area contributed by atoms with Gasteiger partial charge in [-0.1, -0.05) is 117 Å². The van der Waals surface area contributed by atoms with Gasteiger partial charge in [0.2, 0.25) is 0 Å². The van der Waals surface area contributed by atoms with Gasteiger partial charge in [-0.3, -0.25) is 9.65 Å². The highest BCUT2D eigenvalue weighted by molar-refractivity contribution is 8.20. The number of para-hydroxylation sites is 1. The summed E-state index contributed by atoms with van der Waals surface area (Å²) in [6, 6.07) is 35.6. The number of hydrogen-bond acceptors (Lipinski definition) is 6. The molecule has 1 unspecified atom stereocenters. The summed E-state index contributed by atoms with van der Waals surface area (Å²) in [6.07, 6.45) is -2.10. The molecule has 222 valence electrons. The predicted octanol–water partition coefficient (Wildman–Crippen LogP) is 7.79. The fraction of sp³-hybridized carbons (Fsp3) is 0.235. The third-order valence-corrected chi connectivity index (χ3v) is 13.9. The monoisotopic (exact) mass is 631 g/mol. The summed E-state index contributed by atoms with van der Waals surface area (Å²) < 4.78 is 38.8. The van der Waals surface area contributed by atoms with Gasteiger partial charge in [-0.05, 0) is 23.8 Å². The van der Waals surface area contributed by atoms with Crippen LogP contribution < -0.4 is 25.2 Å². The summed E-state index contributed by atoms with van der Waals surface area (Å²) in [5.41, 5.74) is 1.43. The third-order valence-electron chi connectivity index (χ3n) is 7.65. The van der Waals surface area contributed by atoms with Crippen LogP contribution >= 0.6 is 13.8 Å². The van der Waals surface area contributed by atoms with Crippen LogP contribution in [0, 0.1) is 5.41 Å². The summed E-state index contributed by atoms with van der Waals surface area (Å²) in [6.45, 7) is 4.67. The molecule has 0 aliphatic carbocycles. The maximum absolute atomic E-state index is 14.6. The van der Waals surface area contributed by atoms with Crippen LogP contribution in [0.1, 0.15) is 37.4 Å². The first-order chi connectivity index (χ1) is 20.7. The lowest BCUT2D eigenvalue weighted by molar-refractivity contribution is 0.0465. The zero-order valence-electron chi connectivity index (χ0n) is 24.4. The van der Waals surface area contributed by atoms with Crippen LogP contribution in [-0.2, 0) is 25.4 Å². The van der Waals surface area contributed by atoms with Crippen LogP contribution in [0.25, 0.3) is 5.31 Å². The normalized spacial score (nSPS) is 20.4. The van der Waals surface area contributed by atoms with E-state index in [4.69, 9.17) is 30.3 Å². The number of fused-ring (bicyclic) bond motifs is 1. The number of hydrogen-bond donors (Lipinski definition) is 1. The lowest BCUT2D eigenvalue weighted by atomic mass is 9.97. The maximum Gasteiger partial charge on any atom is 0.365 e. The molecule has 2 aliphatic rings. The smallest absolute Gasteiger partial charge is 0.365 e. The molecule has 0 radical (unpaired) electrons. The van der Waals surface area contributed by atoms with Gasteiger partial charge in [0.25, 0.3) is 0 Å². The van der Waals surface area contributed by atoms with Crippen molar-refractivity contribution in [2.75, 3.05) is 20.3 Å². The summed E-state index contributed by atoms with van der Waals surface area (Å²) >= 11 is 6.57. The van der Waals surface area contributed by atoms with Crippen molar-refractivity contribution in [1.82, 2.24) is 5.09 Å². The van der Waals surface area contributed by atoms with Crippen molar-refractivity contribution >= 4 is 41.5 Å². The summed E-state index contributed by atoms with van der Waals surface area (Å²) in [7, 11) is -2.14. The molecule has 1 N–H and O–H groups in total. The van der Waals surface area contributed by atoms with Gasteiger partial charge < -0.3 is 18.5 Å². The Kier molecular flexibility index (Phi) is 8.50.